The van der Waals surface area contributed by atoms with Crippen molar-refractivity contribution in [1.29, 1.82) is 0 Å². The SMILES string of the molecule is CCCCC(CC)CNCc1ccc(CC(=O)OC)s1. The molecule has 0 saturated heterocycles. The molecule has 20 heavy (non-hydrogen) atoms. The number of hydrogen-bond donors (Lipinski definition) is 1. The fourth-order valence-electron chi connectivity index (χ4n) is 2.17. The van der Waals surface area contributed by atoms with Gasteiger partial charge in [0.1, 0.15) is 0 Å². The molecule has 1 heterocycles. The molecule has 0 spiro atoms. The zero-order valence-electron chi connectivity index (χ0n) is 12.9. The van der Waals surface area contributed by atoms with Gasteiger partial charge in [-0.05, 0) is 31.0 Å². The van der Waals surface area contributed by atoms with Crippen LogP contribution in [0.5, 0.6) is 0 Å². The Morgan fingerprint density at radius 3 is 2.75 bits per heavy atom. The van der Waals surface area contributed by atoms with Crippen LogP contribution in [0.1, 0.15) is 49.3 Å². The van der Waals surface area contributed by atoms with Gasteiger partial charge >= 0.3 is 5.97 Å². The Balaban J connectivity index is 2.29. The molecule has 0 bridgehead atoms. The molecule has 0 aliphatic carbocycles. The maximum Gasteiger partial charge on any atom is 0.310 e. The third-order valence-corrected chi connectivity index (χ3v) is 4.62. The fraction of sp³-hybridized carbons (Fsp3) is 0.688. The number of carbonyl (C=O) groups is 1. The molecule has 1 atom stereocenters. The van der Waals surface area contributed by atoms with Crippen LogP contribution in [0.2, 0.25) is 0 Å². The van der Waals surface area contributed by atoms with E-state index in [-0.39, 0.29) is 5.97 Å². The highest BCUT2D eigenvalue weighted by Gasteiger charge is 2.08. The predicted octanol–water partition coefficient (Wildman–Crippen LogP) is 3.77. The smallest absolute Gasteiger partial charge is 0.310 e. The Morgan fingerprint density at radius 2 is 2.10 bits per heavy atom. The van der Waals surface area contributed by atoms with Gasteiger partial charge in [0.05, 0.1) is 13.5 Å². The van der Waals surface area contributed by atoms with Crippen LogP contribution in [0.25, 0.3) is 0 Å². The topological polar surface area (TPSA) is 38.3 Å². The molecule has 4 heteroatoms. The van der Waals surface area contributed by atoms with Crippen LogP contribution in [0, 0.1) is 5.92 Å². The molecule has 1 unspecified atom stereocenters. The molecule has 114 valence electrons. The Bertz CT molecular complexity index is 390. The zero-order valence-corrected chi connectivity index (χ0v) is 13.7. The van der Waals surface area contributed by atoms with Crippen LogP contribution in [0.3, 0.4) is 0 Å². The van der Waals surface area contributed by atoms with E-state index in [4.69, 9.17) is 0 Å². The van der Waals surface area contributed by atoms with Crippen molar-refractivity contribution < 1.29 is 9.53 Å². The van der Waals surface area contributed by atoms with Crippen molar-refractivity contribution in [3.05, 3.63) is 21.9 Å². The minimum Gasteiger partial charge on any atom is -0.469 e. The largest absolute Gasteiger partial charge is 0.469 e. The third kappa shape index (κ3) is 6.53. The number of unbranched alkanes of at least 4 members (excludes halogenated alkanes) is 1. The lowest BCUT2D eigenvalue weighted by Crippen LogP contribution is -2.21. The molecule has 1 aromatic heterocycles. The molecule has 0 fully saturated rings. The van der Waals surface area contributed by atoms with E-state index in [1.165, 1.54) is 37.7 Å². The minimum absolute atomic E-state index is 0.169. The summed E-state index contributed by atoms with van der Waals surface area (Å²) < 4.78 is 4.68. The van der Waals surface area contributed by atoms with Crippen LogP contribution >= 0.6 is 11.3 Å². The molecule has 1 aromatic rings. The number of hydrogen-bond acceptors (Lipinski definition) is 4. The van der Waals surface area contributed by atoms with Crippen molar-refractivity contribution in [3.8, 4) is 0 Å². The van der Waals surface area contributed by atoms with Gasteiger partial charge in [-0.2, -0.15) is 0 Å². The first-order valence-corrected chi connectivity index (χ1v) is 8.36. The number of nitrogens with one attached hydrogen (secondary N) is 1. The first-order valence-electron chi connectivity index (χ1n) is 7.54. The quantitative estimate of drug-likeness (QED) is 0.668. The Kier molecular flexibility index (Phi) is 8.54. The lowest BCUT2D eigenvalue weighted by atomic mass is 9.99. The van der Waals surface area contributed by atoms with Crippen molar-refractivity contribution in [1.82, 2.24) is 5.32 Å². The van der Waals surface area contributed by atoms with Crippen molar-refractivity contribution in [2.45, 2.75) is 52.5 Å². The highest BCUT2D eigenvalue weighted by Crippen LogP contribution is 2.18. The normalized spacial score (nSPS) is 12.3. The van der Waals surface area contributed by atoms with E-state index in [0.717, 1.165) is 23.9 Å². The van der Waals surface area contributed by atoms with Crippen molar-refractivity contribution >= 4 is 17.3 Å². The van der Waals surface area contributed by atoms with Gasteiger partial charge in [-0.3, -0.25) is 4.79 Å². The van der Waals surface area contributed by atoms with Crippen molar-refractivity contribution in [3.63, 3.8) is 0 Å². The molecular weight excluding hydrogens is 270 g/mol. The monoisotopic (exact) mass is 297 g/mol. The van der Waals surface area contributed by atoms with E-state index >= 15 is 0 Å². The number of thiophene rings is 1. The summed E-state index contributed by atoms with van der Waals surface area (Å²) in [5.74, 6) is 0.612. The number of rotatable bonds is 10. The van der Waals surface area contributed by atoms with E-state index in [1.54, 1.807) is 11.3 Å². The first-order chi connectivity index (χ1) is 9.69. The summed E-state index contributed by atoms with van der Waals surface area (Å²) >= 11 is 1.69. The molecule has 0 saturated carbocycles. The number of esters is 1. The summed E-state index contributed by atoms with van der Waals surface area (Å²) in [6.45, 7) is 6.49. The van der Waals surface area contributed by atoms with Crippen LogP contribution in [-0.4, -0.2) is 19.6 Å². The molecule has 0 radical (unpaired) electrons. The maximum absolute atomic E-state index is 11.2. The highest BCUT2D eigenvalue weighted by molar-refractivity contribution is 7.12. The van der Waals surface area contributed by atoms with Crippen LogP contribution < -0.4 is 5.32 Å². The van der Waals surface area contributed by atoms with Crippen LogP contribution in [0.15, 0.2) is 12.1 Å². The van der Waals surface area contributed by atoms with E-state index in [2.05, 4.69) is 30.0 Å². The fourth-order valence-corrected chi connectivity index (χ4v) is 3.14. The average molecular weight is 297 g/mol. The molecule has 3 nitrogen and oxygen atoms in total. The van der Waals surface area contributed by atoms with Crippen molar-refractivity contribution in [2.75, 3.05) is 13.7 Å². The Morgan fingerprint density at radius 1 is 1.35 bits per heavy atom. The van der Waals surface area contributed by atoms with Gasteiger partial charge in [-0.15, -0.1) is 11.3 Å². The van der Waals surface area contributed by atoms with Crippen molar-refractivity contribution in [2.24, 2.45) is 5.92 Å². The zero-order chi connectivity index (χ0) is 14.8. The second-order valence-corrected chi connectivity index (χ2v) is 6.42. The molecular formula is C16H27NO2S. The molecule has 0 amide bonds. The van der Waals surface area contributed by atoms with Crippen LogP contribution in [0.4, 0.5) is 0 Å². The predicted molar refractivity (Wildman–Crippen MR) is 85.1 cm³/mol. The van der Waals surface area contributed by atoms with Gasteiger partial charge < -0.3 is 10.1 Å². The Labute approximate surface area is 126 Å². The third-order valence-electron chi connectivity index (χ3n) is 3.54. The van der Waals surface area contributed by atoms with Gasteiger partial charge in [-0.1, -0.05) is 33.1 Å². The summed E-state index contributed by atoms with van der Waals surface area (Å²) in [5, 5.41) is 3.54. The van der Waals surface area contributed by atoms with E-state index in [1.807, 2.05) is 6.07 Å². The standard InChI is InChI=1S/C16H27NO2S/c1-4-6-7-13(5-2)11-17-12-15-9-8-14(20-15)10-16(18)19-3/h8-9,13,17H,4-7,10-12H2,1-3H3. The maximum atomic E-state index is 11.2. The number of ether oxygens (including phenoxy) is 1. The second kappa shape index (κ2) is 9.94. The van der Waals surface area contributed by atoms with Gasteiger partial charge in [-0.25, -0.2) is 0 Å². The Hall–Kier alpha value is -0.870. The molecule has 1 rings (SSSR count). The van der Waals surface area contributed by atoms with E-state index in [9.17, 15) is 4.79 Å². The minimum atomic E-state index is -0.169. The van der Waals surface area contributed by atoms with Crippen LogP contribution in [-0.2, 0) is 22.5 Å². The number of methoxy groups -OCH3 is 1. The lowest BCUT2D eigenvalue weighted by molar-refractivity contribution is -0.139. The summed E-state index contributed by atoms with van der Waals surface area (Å²) in [4.78, 5) is 13.6. The average Bonchev–Trinajstić information content (AvgIpc) is 2.89. The first kappa shape index (κ1) is 17.2. The summed E-state index contributed by atoms with van der Waals surface area (Å²) in [6.07, 6.45) is 5.54. The summed E-state index contributed by atoms with van der Waals surface area (Å²) in [7, 11) is 1.43. The number of carbonyl (C=O) groups excluding carboxylic acids is 1. The van der Waals surface area contributed by atoms with Gasteiger partial charge in [0.15, 0.2) is 0 Å². The summed E-state index contributed by atoms with van der Waals surface area (Å²) in [6, 6.07) is 4.12. The molecule has 0 aliphatic rings. The van der Waals surface area contributed by atoms with E-state index in [0.29, 0.717) is 6.42 Å². The molecule has 0 aliphatic heterocycles. The highest BCUT2D eigenvalue weighted by atomic mass is 32.1. The lowest BCUT2D eigenvalue weighted by Gasteiger charge is -2.14. The summed E-state index contributed by atoms with van der Waals surface area (Å²) in [5.41, 5.74) is 0. The van der Waals surface area contributed by atoms with Gasteiger partial charge in [0.25, 0.3) is 0 Å². The van der Waals surface area contributed by atoms with Gasteiger partial charge in [0.2, 0.25) is 0 Å². The second-order valence-electron chi connectivity index (χ2n) is 5.17. The molecule has 1 N–H and O–H groups in total. The molecule has 0 aromatic carbocycles. The van der Waals surface area contributed by atoms with E-state index < -0.39 is 0 Å². The van der Waals surface area contributed by atoms with Gasteiger partial charge in [0, 0.05) is 16.3 Å².